The molecule has 0 spiro atoms. The van der Waals surface area contributed by atoms with Crippen molar-refractivity contribution in [2.45, 2.75) is 38.8 Å². The summed E-state index contributed by atoms with van der Waals surface area (Å²) in [5.74, 6) is -0.425. The van der Waals surface area contributed by atoms with Crippen LogP contribution >= 0.6 is 0 Å². The molecule has 1 aromatic rings. The van der Waals surface area contributed by atoms with Crippen LogP contribution in [0.15, 0.2) is 24.3 Å². The van der Waals surface area contributed by atoms with E-state index < -0.39 is 5.60 Å². The van der Waals surface area contributed by atoms with Crippen molar-refractivity contribution >= 4 is 17.9 Å². The van der Waals surface area contributed by atoms with Crippen molar-refractivity contribution in [2.24, 2.45) is 5.73 Å². The van der Waals surface area contributed by atoms with Gasteiger partial charge >= 0.3 is 6.09 Å². The van der Waals surface area contributed by atoms with E-state index in [4.69, 9.17) is 10.5 Å². The number of fused-ring (bicyclic) bond motifs is 1. The van der Waals surface area contributed by atoms with E-state index in [1.807, 2.05) is 20.8 Å². The van der Waals surface area contributed by atoms with Gasteiger partial charge in [-0.1, -0.05) is 12.1 Å². The number of amides is 3. The molecule has 0 bridgehead atoms. The second-order valence-electron chi connectivity index (χ2n) is 7.19. The fraction of sp³-hybridized carbons (Fsp3) is 0.500. The summed E-state index contributed by atoms with van der Waals surface area (Å²) in [5, 5.41) is 0. The Labute approximate surface area is 147 Å². The minimum Gasteiger partial charge on any atom is -0.444 e. The molecule has 7 nitrogen and oxygen atoms in total. The maximum Gasteiger partial charge on any atom is 0.410 e. The topological polar surface area (TPSA) is 92.9 Å². The quantitative estimate of drug-likeness (QED) is 0.723. The number of hydrogen-bond acceptors (Lipinski definition) is 5. The first-order chi connectivity index (χ1) is 11.6. The Morgan fingerprint density at radius 1 is 1.16 bits per heavy atom. The number of ether oxygens (including phenoxy) is 1. The van der Waals surface area contributed by atoms with Crippen LogP contribution in [0.25, 0.3) is 0 Å². The second kappa shape index (κ2) is 7.23. The van der Waals surface area contributed by atoms with Crippen LogP contribution in [0.1, 0.15) is 47.9 Å². The summed E-state index contributed by atoms with van der Waals surface area (Å²) in [4.78, 5) is 36.9. The van der Waals surface area contributed by atoms with Crippen LogP contribution in [-0.2, 0) is 4.74 Å². The SMILES string of the molecule is CC(C)(C)OC(=O)N1CCC(N)C1.CN1C(=O)c2ccccc2C1=O. The van der Waals surface area contributed by atoms with E-state index >= 15 is 0 Å². The number of carbonyl (C=O) groups excluding carboxylic acids is 3. The predicted octanol–water partition coefficient (Wildman–Crippen LogP) is 1.87. The smallest absolute Gasteiger partial charge is 0.410 e. The van der Waals surface area contributed by atoms with Gasteiger partial charge in [0.15, 0.2) is 0 Å². The Kier molecular flexibility index (Phi) is 5.47. The molecule has 1 saturated heterocycles. The minimum absolute atomic E-state index is 0.118. The highest BCUT2D eigenvalue weighted by molar-refractivity contribution is 6.21. The van der Waals surface area contributed by atoms with Gasteiger partial charge in [-0.25, -0.2) is 4.79 Å². The zero-order valence-corrected chi connectivity index (χ0v) is 15.1. The molecule has 0 aromatic heterocycles. The second-order valence-corrected chi connectivity index (χ2v) is 7.19. The average Bonchev–Trinajstić information content (AvgIpc) is 3.06. The zero-order chi connectivity index (χ0) is 18.8. The molecular formula is C18H25N3O4. The molecule has 2 N–H and O–H groups in total. The Morgan fingerprint density at radius 2 is 1.68 bits per heavy atom. The Balaban J connectivity index is 0.000000181. The minimum atomic E-state index is -0.413. The molecule has 3 amide bonds. The van der Waals surface area contributed by atoms with E-state index in [1.165, 1.54) is 7.05 Å². The number of likely N-dealkylation sites (tertiary alicyclic amines) is 1. The fourth-order valence-electron chi connectivity index (χ4n) is 2.59. The van der Waals surface area contributed by atoms with Gasteiger partial charge in [-0.15, -0.1) is 0 Å². The molecular weight excluding hydrogens is 322 g/mol. The highest BCUT2D eigenvalue weighted by Gasteiger charge is 2.31. The molecule has 25 heavy (non-hydrogen) atoms. The fourth-order valence-corrected chi connectivity index (χ4v) is 2.59. The van der Waals surface area contributed by atoms with E-state index in [2.05, 4.69) is 0 Å². The third kappa shape index (κ3) is 4.57. The summed E-state index contributed by atoms with van der Waals surface area (Å²) < 4.78 is 5.20. The number of nitrogens with zero attached hydrogens (tertiary/aromatic N) is 2. The Hall–Kier alpha value is -2.41. The van der Waals surface area contributed by atoms with Crippen LogP contribution in [0, 0.1) is 0 Å². The van der Waals surface area contributed by atoms with Crippen LogP contribution in [0.3, 0.4) is 0 Å². The zero-order valence-electron chi connectivity index (χ0n) is 15.1. The van der Waals surface area contributed by atoms with Crippen molar-refractivity contribution in [1.29, 1.82) is 0 Å². The van der Waals surface area contributed by atoms with Gasteiger partial charge in [-0.05, 0) is 39.3 Å². The van der Waals surface area contributed by atoms with Gasteiger partial charge in [0.25, 0.3) is 11.8 Å². The van der Waals surface area contributed by atoms with Gasteiger partial charge in [0.05, 0.1) is 11.1 Å². The van der Waals surface area contributed by atoms with Gasteiger partial charge in [0.2, 0.25) is 0 Å². The molecule has 136 valence electrons. The van der Waals surface area contributed by atoms with Crippen LogP contribution in [-0.4, -0.2) is 59.5 Å². The van der Waals surface area contributed by atoms with Crippen LogP contribution in [0.4, 0.5) is 4.79 Å². The van der Waals surface area contributed by atoms with Gasteiger partial charge in [0.1, 0.15) is 5.60 Å². The van der Waals surface area contributed by atoms with Crippen molar-refractivity contribution < 1.29 is 19.1 Å². The van der Waals surface area contributed by atoms with Gasteiger partial charge < -0.3 is 15.4 Å². The Morgan fingerprint density at radius 3 is 2.08 bits per heavy atom. The van der Waals surface area contributed by atoms with Gasteiger partial charge in [-0.3, -0.25) is 14.5 Å². The largest absolute Gasteiger partial charge is 0.444 e. The standard InChI is InChI=1S/C9H18N2O2.C9H7NO2/c1-9(2,3)13-8(12)11-5-4-7(10)6-11;1-10-8(11)6-4-2-3-5-7(6)9(10)12/h7H,4-6,10H2,1-3H3;2-5H,1H3. The first-order valence-corrected chi connectivity index (χ1v) is 8.25. The van der Waals surface area contributed by atoms with Gasteiger partial charge in [0, 0.05) is 26.2 Å². The van der Waals surface area contributed by atoms with Crippen LogP contribution in [0.2, 0.25) is 0 Å². The van der Waals surface area contributed by atoms with E-state index in [-0.39, 0.29) is 23.9 Å². The molecule has 0 aliphatic carbocycles. The lowest BCUT2D eigenvalue weighted by atomic mass is 10.1. The molecule has 1 unspecified atom stereocenters. The molecule has 2 heterocycles. The molecule has 0 saturated carbocycles. The maximum atomic E-state index is 11.5. The molecule has 7 heteroatoms. The highest BCUT2D eigenvalue weighted by atomic mass is 16.6. The van der Waals surface area contributed by atoms with Gasteiger partial charge in [-0.2, -0.15) is 0 Å². The average molecular weight is 347 g/mol. The van der Waals surface area contributed by atoms with Crippen LogP contribution in [0.5, 0.6) is 0 Å². The van der Waals surface area contributed by atoms with Crippen molar-refractivity contribution in [3.8, 4) is 0 Å². The van der Waals surface area contributed by atoms with E-state index in [0.29, 0.717) is 17.7 Å². The molecule has 1 aromatic carbocycles. The monoisotopic (exact) mass is 347 g/mol. The molecule has 0 radical (unpaired) electrons. The lowest BCUT2D eigenvalue weighted by Gasteiger charge is -2.24. The first kappa shape index (κ1) is 18.9. The molecule has 2 aliphatic rings. The predicted molar refractivity (Wildman–Crippen MR) is 93.3 cm³/mol. The summed E-state index contributed by atoms with van der Waals surface area (Å²) in [6, 6.07) is 6.96. The van der Waals surface area contributed by atoms with Crippen molar-refractivity contribution in [3.63, 3.8) is 0 Å². The van der Waals surface area contributed by atoms with Crippen molar-refractivity contribution in [1.82, 2.24) is 9.80 Å². The lowest BCUT2D eigenvalue weighted by molar-refractivity contribution is 0.0292. The number of carbonyl (C=O) groups is 3. The first-order valence-electron chi connectivity index (χ1n) is 8.25. The highest BCUT2D eigenvalue weighted by Crippen LogP contribution is 2.20. The third-order valence-electron chi connectivity index (χ3n) is 3.87. The van der Waals surface area contributed by atoms with Crippen molar-refractivity contribution in [3.05, 3.63) is 35.4 Å². The van der Waals surface area contributed by atoms with Crippen molar-refractivity contribution in [2.75, 3.05) is 20.1 Å². The summed E-state index contributed by atoms with van der Waals surface area (Å²) >= 11 is 0. The summed E-state index contributed by atoms with van der Waals surface area (Å²) in [7, 11) is 1.49. The maximum absolute atomic E-state index is 11.5. The van der Waals surface area contributed by atoms with E-state index in [9.17, 15) is 14.4 Å². The lowest BCUT2D eigenvalue weighted by Crippen LogP contribution is -2.36. The number of rotatable bonds is 0. The molecule has 1 atom stereocenters. The number of imide groups is 1. The van der Waals surface area contributed by atoms with Crippen LogP contribution < -0.4 is 5.73 Å². The number of hydrogen-bond donors (Lipinski definition) is 1. The summed E-state index contributed by atoms with van der Waals surface area (Å²) in [5.41, 5.74) is 6.27. The normalized spacial score (nSPS) is 19.5. The van der Waals surface area contributed by atoms with E-state index in [0.717, 1.165) is 17.9 Å². The molecule has 2 aliphatic heterocycles. The Bertz CT molecular complexity index is 646. The molecule has 3 rings (SSSR count). The number of nitrogens with two attached hydrogens (primary N) is 1. The summed E-state index contributed by atoms with van der Waals surface area (Å²) in [6.07, 6.45) is 0.625. The summed E-state index contributed by atoms with van der Waals surface area (Å²) in [6.45, 7) is 6.92. The molecule has 1 fully saturated rings. The van der Waals surface area contributed by atoms with E-state index in [1.54, 1.807) is 29.2 Å². The number of benzene rings is 1. The third-order valence-corrected chi connectivity index (χ3v) is 3.87.